The molecule has 1 aliphatic heterocycles. The molecular weight excluding hydrogens is 498 g/mol. The Morgan fingerprint density at radius 2 is 1.92 bits per heavy atom. The number of piperazine rings is 1. The Morgan fingerprint density at radius 1 is 1.18 bits per heavy atom. The van der Waals surface area contributed by atoms with Gasteiger partial charge in [0.2, 0.25) is 0 Å². The lowest BCUT2D eigenvalue weighted by Crippen LogP contribution is -2.56. The van der Waals surface area contributed by atoms with E-state index in [0.29, 0.717) is 42.1 Å². The van der Waals surface area contributed by atoms with Crippen molar-refractivity contribution in [2.24, 2.45) is 0 Å². The molecule has 11 heteroatoms. The molecule has 2 aromatic heterocycles. The smallest absolute Gasteiger partial charge is 0.314 e. The van der Waals surface area contributed by atoms with Gasteiger partial charge in [-0.05, 0) is 25.1 Å². The Labute approximate surface area is 225 Å². The standard InChI is InChI=1S/C27H39N7O3Si/c1-6-32-17-23(20-10-8-7-9-11-20)34(15-19(32)2)27(36)26(35)30-22-14-29-25(28)21-16-33(31-24(21)22)18-37-12-13-38(3,4)5/h7-11,14,16,19,23H,6,12-13,15,17-18H2,1-5H3,(H2,28,29)(H,30,35)/t19-,23-/m1/s1. The summed E-state index contributed by atoms with van der Waals surface area (Å²) >= 11 is 0. The second-order valence-corrected chi connectivity index (χ2v) is 16.7. The Morgan fingerprint density at radius 3 is 2.61 bits per heavy atom. The number of hydrogen-bond acceptors (Lipinski definition) is 7. The van der Waals surface area contributed by atoms with Crippen molar-refractivity contribution in [3.05, 3.63) is 48.3 Å². The number of anilines is 2. The third kappa shape index (κ3) is 6.40. The van der Waals surface area contributed by atoms with Gasteiger partial charge in [0.1, 0.15) is 18.1 Å². The van der Waals surface area contributed by atoms with Crippen LogP contribution in [0.4, 0.5) is 11.5 Å². The molecule has 2 amide bonds. The first-order chi connectivity index (χ1) is 18.1. The monoisotopic (exact) mass is 537 g/mol. The lowest BCUT2D eigenvalue weighted by molar-refractivity contribution is -0.147. The van der Waals surface area contributed by atoms with Crippen molar-refractivity contribution >= 4 is 42.3 Å². The van der Waals surface area contributed by atoms with Crippen molar-refractivity contribution in [3.63, 3.8) is 0 Å². The number of likely N-dealkylation sites (N-methyl/N-ethyl adjacent to an activating group) is 1. The van der Waals surface area contributed by atoms with Crippen LogP contribution in [0.1, 0.15) is 25.5 Å². The molecule has 1 aromatic carbocycles. The molecule has 38 heavy (non-hydrogen) atoms. The van der Waals surface area contributed by atoms with E-state index in [1.807, 2.05) is 30.3 Å². The summed E-state index contributed by atoms with van der Waals surface area (Å²) < 4.78 is 7.45. The first-order valence-corrected chi connectivity index (χ1v) is 16.9. The summed E-state index contributed by atoms with van der Waals surface area (Å²) in [6.45, 7) is 14.0. The molecule has 204 valence electrons. The number of pyridine rings is 1. The van der Waals surface area contributed by atoms with Gasteiger partial charge in [-0.25, -0.2) is 9.67 Å². The molecule has 3 aromatic rings. The molecule has 2 atom stereocenters. The van der Waals surface area contributed by atoms with Crippen LogP contribution in [0.2, 0.25) is 25.7 Å². The molecule has 0 saturated carbocycles. The van der Waals surface area contributed by atoms with Gasteiger partial charge in [0.25, 0.3) is 0 Å². The van der Waals surface area contributed by atoms with Crippen LogP contribution in [0.5, 0.6) is 0 Å². The van der Waals surface area contributed by atoms with Gasteiger partial charge < -0.3 is 20.7 Å². The van der Waals surface area contributed by atoms with Crippen LogP contribution < -0.4 is 11.1 Å². The predicted octanol–water partition coefficient (Wildman–Crippen LogP) is 3.56. The van der Waals surface area contributed by atoms with Crippen molar-refractivity contribution < 1.29 is 14.3 Å². The fourth-order valence-corrected chi connectivity index (χ4v) is 5.48. The first-order valence-electron chi connectivity index (χ1n) is 13.2. The number of rotatable bonds is 8. The maximum Gasteiger partial charge on any atom is 0.314 e. The normalized spacial score (nSPS) is 18.6. The Balaban J connectivity index is 1.51. The highest BCUT2D eigenvalue weighted by molar-refractivity contribution is 6.76. The van der Waals surface area contributed by atoms with Crippen LogP contribution >= 0.6 is 0 Å². The maximum atomic E-state index is 13.5. The highest BCUT2D eigenvalue weighted by Crippen LogP contribution is 2.29. The molecule has 0 radical (unpaired) electrons. The zero-order chi connectivity index (χ0) is 27.4. The van der Waals surface area contributed by atoms with Gasteiger partial charge in [0.05, 0.1) is 23.3 Å². The van der Waals surface area contributed by atoms with Gasteiger partial charge >= 0.3 is 11.8 Å². The van der Waals surface area contributed by atoms with Crippen molar-refractivity contribution in [2.75, 3.05) is 37.3 Å². The molecule has 0 unspecified atom stereocenters. The highest BCUT2D eigenvalue weighted by atomic mass is 28.3. The summed E-state index contributed by atoms with van der Waals surface area (Å²) in [5, 5.41) is 7.91. The van der Waals surface area contributed by atoms with E-state index in [-0.39, 0.29) is 18.8 Å². The van der Waals surface area contributed by atoms with Gasteiger partial charge in [-0.15, -0.1) is 0 Å². The molecule has 10 nitrogen and oxygen atoms in total. The van der Waals surface area contributed by atoms with Gasteiger partial charge in [-0.2, -0.15) is 5.10 Å². The maximum absolute atomic E-state index is 13.5. The lowest BCUT2D eigenvalue weighted by atomic mass is 9.99. The molecule has 3 heterocycles. The van der Waals surface area contributed by atoms with E-state index in [9.17, 15) is 9.59 Å². The predicted molar refractivity (Wildman–Crippen MR) is 152 cm³/mol. The lowest BCUT2D eigenvalue weighted by Gasteiger charge is -2.45. The Hall–Kier alpha value is -3.28. The average molecular weight is 538 g/mol. The van der Waals surface area contributed by atoms with Crippen molar-refractivity contribution in [1.82, 2.24) is 24.6 Å². The molecular formula is C27H39N7O3Si. The zero-order valence-corrected chi connectivity index (χ0v) is 24.0. The SMILES string of the molecule is CCN1C[C@H](c2ccccc2)N(C(=O)C(=O)Nc2cnc(N)c3cn(COCC[Si](C)(C)C)nc23)C[C@H]1C. The topological polar surface area (TPSA) is 119 Å². The molecule has 3 N–H and O–H groups in total. The number of ether oxygens (including phenoxy) is 1. The number of carbonyl (C=O) groups is 2. The second kappa shape index (κ2) is 11.6. The molecule has 1 saturated heterocycles. The fourth-order valence-electron chi connectivity index (χ4n) is 4.73. The highest BCUT2D eigenvalue weighted by Gasteiger charge is 2.37. The Bertz CT molecular complexity index is 1270. The molecule has 1 aliphatic rings. The number of nitrogen functional groups attached to an aromatic ring is 1. The van der Waals surface area contributed by atoms with Crippen LogP contribution in [0.3, 0.4) is 0 Å². The van der Waals surface area contributed by atoms with E-state index in [1.165, 1.54) is 6.20 Å². The molecule has 4 rings (SSSR count). The number of fused-ring (bicyclic) bond motifs is 1. The Kier molecular flexibility index (Phi) is 8.49. The van der Waals surface area contributed by atoms with Gasteiger partial charge in [-0.1, -0.05) is 56.9 Å². The summed E-state index contributed by atoms with van der Waals surface area (Å²) in [6.07, 6.45) is 3.19. The van der Waals surface area contributed by atoms with E-state index >= 15 is 0 Å². The molecule has 0 aliphatic carbocycles. The van der Waals surface area contributed by atoms with E-state index in [0.717, 1.165) is 18.2 Å². The summed E-state index contributed by atoms with van der Waals surface area (Å²) in [4.78, 5) is 35.0. The van der Waals surface area contributed by atoms with Crippen molar-refractivity contribution in [3.8, 4) is 0 Å². The first kappa shape index (κ1) is 27.7. The van der Waals surface area contributed by atoms with E-state index in [2.05, 4.69) is 53.8 Å². The molecule has 0 bridgehead atoms. The minimum atomic E-state index is -1.20. The minimum Gasteiger partial charge on any atom is -0.383 e. The fraction of sp³-hybridized carbons (Fsp3) is 0.481. The van der Waals surface area contributed by atoms with Crippen LogP contribution in [0.25, 0.3) is 10.9 Å². The van der Waals surface area contributed by atoms with Crippen LogP contribution in [-0.4, -0.2) is 76.7 Å². The van der Waals surface area contributed by atoms with Gasteiger partial charge in [-0.3, -0.25) is 14.5 Å². The molecule has 0 spiro atoms. The number of amides is 2. The van der Waals surface area contributed by atoms with Gasteiger partial charge in [0, 0.05) is 40.0 Å². The number of carbonyl (C=O) groups excluding carboxylic acids is 2. The number of aromatic nitrogens is 3. The minimum absolute atomic E-state index is 0.137. The summed E-state index contributed by atoms with van der Waals surface area (Å²) in [6, 6.07) is 10.8. The third-order valence-electron chi connectivity index (χ3n) is 7.01. The number of benzene rings is 1. The van der Waals surface area contributed by atoms with Crippen molar-refractivity contribution in [1.29, 1.82) is 0 Å². The number of nitrogens with zero attached hydrogens (tertiary/aromatic N) is 5. The van der Waals surface area contributed by atoms with Crippen LogP contribution in [0.15, 0.2) is 42.7 Å². The average Bonchev–Trinajstić information content (AvgIpc) is 3.33. The second-order valence-electron chi connectivity index (χ2n) is 11.1. The van der Waals surface area contributed by atoms with E-state index in [1.54, 1.807) is 15.8 Å². The summed E-state index contributed by atoms with van der Waals surface area (Å²) in [5.74, 6) is -1.01. The number of hydrogen-bond donors (Lipinski definition) is 2. The summed E-state index contributed by atoms with van der Waals surface area (Å²) in [7, 11) is -1.20. The number of nitrogens with two attached hydrogens (primary N) is 1. The zero-order valence-electron chi connectivity index (χ0n) is 23.0. The van der Waals surface area contributed by atoms with Crippen LogP contribution in [0, 0.1) is 0 Å². The molecule has 1 fully saturated rings. The van der Waals surface area contributed by atoms with Gasteiger partial charge in [0.15, 0.2) is 0 Å². The third-order valence-corrected chi connectivity index (χ3v) is 8.71. The van der Waals surface area contributed by atoms with Crippen LogP contribution in [-0.2, 0) is 21.1 Å². The summed E-state index contributed by atoms with van der Waals surface area (Å²) in [5.41, 5.74) is 7.90. The quantitative estimate of drug-likeness (QED) is 0.256. The number of nitrogens with one attached hydrogen (secondary N) is 1. The van der Waals surface area contributed by atoms with E-state index in [4.69, 9.17) is 10.5 Å². The largest absolute Gasteiger partial charge is 0.383 e. The van der Waals surface area contributed by atoms with E-state index < -0.39 is 19.9 Å². The van der Waals surface area contributed by atoms with Crippen molar-refractivity contribution in [2.45, 2.75) is 58.3 Å².